The van der Waals surface area contributed by atoms with Gasteiger partial charge in [0, 0.05) is 10.4 Å². The molecule has 1 aliphatic rings. The Hall–Kier alpha value is -2.44. The summed E-state index contributed by atoms with van der Waals surface area (Å²) in [6, 6.07) is 15.9. The molecule has 0 unspecified atom stereocenters. The zero-order chi connectivity index (χ0) is 21.2. The highest BCUT2D eigenvalue weighted by Gasteiger charge is 2.19. The quantitative estimate of drug-likeness (QED) is 0.345. The molecule has 4 nitrogen and oxygen atoms in total. The van der Waals surface area contributed by atoms with Crippen molar-refractivity contribution in [1.82, 2.24) is 9.97 Å². The van der Waals surface area contributed by atoms with Gasteiger partial charge < -0.3 is 9.72 Å². The third-order valence-electron chi connectivity index (χ3n) is 5.77. The summed E-state index contributed by atoms with van der Waals surface area (Å²) in [6.07, 6.45) is 6.91. The number of aryl methyl sites for hydroxylation is 2. The summed E-state index contributed by atoms with van der Waals surface area (Å²) in [7, 11) is 0. The summed E-state index contributed by atoms with van der Waals surface area (Å²) >= 11 is 5.30. The van der Waals surface area contributed by atoms with Gasteiger partial charge in [-0.25, -0.2) is 4.98 Å². The van der Waals surface area contributed by atoms with Crippen LogP contribution < -0.4 is 10.3 Å². The number of hydrogen-bond donors (Lipinski definition) is 1. The van der Waals surface area contributed by atoms with Gasteiger partial charge in [0.2, 0.25) is 0 Å². The third-order valence-corrected chi connectivity index (χ3v) is 7.57. The molecule has 0 saturated carbocycles. The minimum absolute atomic E-state index is 0.0291. The lowest BCUT2D eigenvalue weighted by molar-refractivity contribution is 0.304. The second kappa shape index (κ2) is 8.97. The molecule has 0 saturated heterocycles. The summed E-state index contributed by atoms with van der Waals surface area (Å²) in [6.45, 7) is 0.501. The van der Waals surface area contributed by atoms with Crippen LogP contribution in [0, 0.1) is 0 Å². The molecule has 0 fully saturated rings. The molecule has 158 valence electrons. The highest BCUT2D eigenvalue weighted by atomic mass is 79.9. The predicted octanol–water partition coefficient (Wildman–Crippen LogP) is 6.65. The zero-order valence-electron chi connectivity index (χ0n) is 17.1. The van der Waals surface area contributed by atoms with E-state index in [2.05, 4.69) is 20.9 Å². The van der Waals surface area contributed by atoms with Crippen LogP contribution in [0.4, 0.5) is 0 Å². The SMILES string of the molecule is O=c1[nH]c(-c2ccc(OCc3ccccc3)c(Br)c2)nc2sc3c(c12)CCCCCC3. The predicted molar refractivity (Wildman–Crippen MR) is 130 cm³/mol. The monoisotopic (exact) mass is 494 g/mol. The molecule has 31 heavy (non-hydrogen) atoms. The summed E-state index contributed by atoms with van der Waals surface area (Å²) in [5.41, 5.74) is 3.17. The summed E-state index contributed by atoms with van der Waals surface area (Å²) in [4.78, 5) is 23.0. The van der Waals surface area contributed by atoms with E-state index in [0.717, 1.165) is 50.8 Å². The minimum Gasteiger partial charge on any atom is -0.488 e. The van der Waals surface area contributed by atoms with Crippen LogP contribution in [0.5, 0.6) is 5.75 Å². The van der Waals surface area contributed by atoms with Crippen LogP contribution in [0.15, 0.2) is 57.8 Å². The number of thiophene rings is 1. The van der Waals surface area contributed by atoms with E-state index in [4.69, 9.17) is 9.72 Å². The van der Waals surface area contributed by atoms with E-state index in [1.54, 1.807) is 11.3 Å². The molecule has 6 heteroatoms. The number of H-pyrrole nitrogens is 1. The average molecular weight is 495 g/mol. The standard InChI is InChI=1S/C25H23BrN2O2S/c26-19-14-17(12-13-20(19)30-15-16-8-4-3-5-9-16)23-27-24(29)22-18-10-6-1-2-7-11-21(18)31-25(22)28-23/h3-5,8-9,12-14H,1-2,6-7,10-11,15H2,(H,27,28,29). The summed E-state index contributed by atoms with van der Waals surface area (Å²) in [5, 5.41) is 0.799. The smallest absolute Gasteiger partial charge is 0.260 e. The topological polar surface area (TPSA) is 55.0 Å². The first kappa shape index (κ1) is 20.5. The van der Waals surface area contributed by atoms with Crippen LogP contribution in [0.3, 0.4) is 0 Å². The number of hydrogen-bond acceptors (Lipinski definition) is 4. The van der Waals surface area contributed by atoms with Crippen molar-refractivity contribution in [2.75, 3.05) is 0 Å². The first-order valence-corrected chi connectivity index (χ1v) is 12.3. The van der Waals surface area contributed by atoms with Gasteiger partial charge in [-0.1, -0.05) is 43.2 Å². The molecule has 1 aliphatic carbocycles. The number of benzene rings is 2. The largest absolute Gasteiger partial charge is 0.488 e. The second-order valence-corrected chi connectivity index (χ2v) is 9.87. The molecule has 0 atom stereocenters. The Morgan fingerprint density at radius 1 is 1.03 bits per heavy atom. The maximum atomic E-state index is 13.0. The first-order chi connectivity index (χ1) is 15.2. The van der Waals surface area contributed by atoms with Crippen molar-refractivity contribution in [3.05, 3.63) is 79.4 Å². The first-order valence-electron chi connectivity index (χ1n) is 10.7. The Morgan fingerprint density at radius 3 is 2.65 bits per heavy atom. The van der Waals surface area contributed by atoms with E-state index in [1.165, 1.54) is 29.7 Å². The fourth-order valence-corrected chi connectivity index (χ4v) is 5.91. The van der Waals surface area contributed by atoms with Crippen LogP contribution in [-0.2, 0) is 19.4 Å². The van der Waals surface area contributed by atoms with E-state index in [1.807, 2.05) is 48.5 Å². The number of ether oxygens (including phenoxy) is 1. The van der Waals surface area contributed by atoms with Crippen molar-refractivity contribution in [3.8, 4) is 17.1 Å². The molecule has 5 rings (SSSR count). The molecule has 4 aromatic rings. The molecule has 2 heterocycles. The van der Waals surface area contributed by atoms with Gasteiger partial charge in [0.15, 0.2) is 0 Å². The number of fused-ring (bicyclic) bond motifs is 3. The molecule has 2 aromatic carbocycles. The van der Waals surface area contributed by atoms with Crippen LogP contribution in [0.25, 0.3) is 21.6 Å². The van der Waals surface area contributed by atoms with Gasteiger partial charge in [-0.2, -0.15) is 0 Å². The fourth-order valence-electron chi connectivity index (χ4n) is 4.15. The van der Waals surface area contributed by atoms with Crippen molar-refractivity contribution in [2.45, 2.75) is 45.1 Å². The Morgan fingerprint density at radius 2 is 1.84 bits per heavy atom. The number of halogens is 1. The van der Waals surface area contributed by atoms with Gasteiger partial charge in [-0.3, -0.25) is 4.79 Å². The Labute approximate surface area is 193 Å². The van der Waals surface area contributed by atoms with Gasteiger partial charge in [0.25, 0.3) is 5.56 Å². The molecule has 0 spiro atoms. The summed E-state index contributed by atoms with van der Waals surface area (Å²) < 4.78 is 6.78. The fraction of sp³-hybridized carbons (Fsp3) is 0.280. The van der Waals surface area contributed by atoms with Gasteiger partial charge in [0.1, 0.15) is 23.0 Å². The van der Waals surface area contributed by atoms with Crippen molar-refractivity contribution < 1.29 is 4.74 Å². The van der Waals surface area contributed by atoms with E-state index in [-0.39, 0.29) is 5.56 Å². The average Bonchev–Trinajstić information content (AvgIpc) is 3.10. The van der Waals surface area contributed by atoms with Gasteiger partial charge in [-0.15, -0.1) is 11.3 Å². The van der Waals surface area contributed by atoms with Crippen LogP contribution in [0.2, 0.25) is 0 Å². The number of aromatic nitrogens is 2. The third kappa shape index (κ3) is 4.32. The normalized spacial score (nSPS) is 14.1. The molecular formula is C25H23BrN2O2S. The molecule has 0 aliphatic heterocycles. The van der Waals surface area contributed by atoms with E-state index in [9.17, 15) is 4.79 Å². The van der Waals surface area contributed by atoms with E-state index in [0.29, 0.717) is 12.4 Å². The van der Waals surface area contributed by atoms with E-state index < -0.39 is 0 Å². The van der Waals surface area contributed by atoms with Crippen molar-refractivity contribution in [3.63, 3.8) is 0 Å². The summed E-state index contributed by atoms with van der Waals surface area (Å²) in [5.74, 6) is 1.36. The van der Waals surface area contributed by atoms with Crippen LogP contribution >= 0.6 is 27.3 Å². The van der Waals surface area contributed by atoms with Gasteiger partial charge in [-0.05, 0) is 70.9 Å². The number of nitrogens with zero attached hydrogens (tertiary/aromatic N) is 1. The van der Waals surface area contributed by atoms with Crippen LogP contribution in [0.1, 0.15) is 41.7 Å². The Bertz CT molecular complexity index is 1280. The maximum absolute atomic E-state index is 13.0. The minimum atomic E-state index is -0.0291. The molecule has 0 radical (unpaired) electrons. The maximum Gasteiger partial charge on any atom is 0.260 e. The Kier molecular flexibility index (Phi) is 5.92. The van der Waals surface area contributed by atoms with Crippen molar-refractivity contribution in [1.29, 1.82) is 0 Å². The van der Waals surface area contributed by atoms with Crippen LogP contribution in [-0.4, -0.2) is 9.97 Å². The lowest BCUT2D eigenvalue weighted by atomic mass is 9.98. The number of rotatable bonds is 4. The lowest BCUT2D eigenvalue weighted by Crippen LogP contribution is -2.10. The van der Waals surface area contributed by atoms with Gasteiger partial charge >= 0.3 is 0 Å². The number of aromatic amines is 1. The second-order valence-electron chi connectivity index (χ2n) is 7.93. The zero-order valence-corrected chi connectivity index (χ0v) is 19.5. The molecule has 0 amide bonds. The lowest BCUT2D eigenvalue weighted by Gasteiger charge is -2.10. The molecule has 0 bridgehead atoms. The molecule has 1 N–H and O–H groups in total. The highest BCUT2D eigenvalue weighted by molar-refractivity contribution is 9.10. The highest BCUT2D eigenvalue weighted by Crippen LogP contribution is 2.34. The molecular weight excluding hydrogens is 472 g/mol. The molecule has 2 aromatic heterocycles. The van der Waals surface area contributed by atoms with Gasteiger partial charge in [0.05, 0.1) is 9.86 Å². The Balaban J connectivity index is 1.45. The number of nitrogens with one attached hydrogen (secondary N) is 1. The van der Waals surface area contributed by atoms with Crippen molar-refractivity contribution in [2.24, 2.45) is 0 Å². The van der Waals surface area contributed by atoms with Crippen molar-refractivity contribution >= 4 is 37.5 Å². The van der Waals surface area contributed by atoms with E-state index >= 15 is 0 Å².